The van der Waals surface area contributed by atoms with Gasteiger partial charge in [0.15, 0.2) is 0 Å². The van der Waals surface area contributed by atoms with Crippen molar-refractivity contribution in [2.75, 3.05) is 0 Å². The molecule has 1 saturated heterocycles. The molecule has 1 aliphatic carbocycles. The highest BCUT2D eigenvalue weighted by molar-refractivity contribution is 5.04. The van der Waals surface area contributed by atoms with Gasteiger partial charge in [0.1, 0.15) is 0 Å². The summed E-state index contributed by atoms with van der Waals surface area (Å²) in [4.78, 5) is 0. The Bertz CT molecular complexity index is 327. The van der Waals surface area contributed by atoms with Gasteiger partial charge in [-0.05, 0) is 65.7 Å². The minimum absolute atomic E-state index is 0.000839. The number of hydrogen-bond acceptors (Lipinski definition) is 3. The summed E-state index contributed by atoms with van der Waals surface area (Å²) in [6.07, 6.45) is 3.55. The fraction of sp³-hybridized carbons (Fsp3) is 1.00. The van der Waals surface area contributed by atoms with Crippen LogP contribution in [-0.2, 0) is 4.74 Å². The lowest BCUT2D eigenvalue weighted by molar-refractivity contribution is -0.152. The molecule has 0 aromatic heterocycles. The van der Waals surface area contributed by atoms with Crippen LogP contribution < -0.4 is 0 Å². The third-order valence-corrected chi connectivity index (χ3v) is 5.22. The summed E-state index contributed by atoms with van der Waals surface area (Å²) in [5.74, 6) is 0.665. The molecule has 3 nitrogen and oxygen atoms in total. The second-order valence-electron chi connectivity index (χ2n) is 8.01. The van der Waals surface area contributed by atoms with Crippen molar-refractivity contribution in [3.63, 3.8) is 0 Å². The molecule has 0 spiro atoms. The van der Waals surface area contributed by atoms with E-state index in [1.807, 2.05) is 13.8 Å². The van der Waals surface area contributed by atoms with E-state index in [9.17, 15) is 10.2 Å². The number of aliphatic hydroxyl groups is 2. The molecule has 0 amide bonds. The zero-order chi connectivity index (χ0) is 14.5. The van der Waals surface area contributed by atoms with E-state index in [0.29, 0.717) is 18.8 Å². The summed E-state index contributed by atoms with van der Waals surface area (Å²) >= 11 is 0. The lowest BCUT2D eigenvalue weighted by Gasteiger charge is -2.43. The molecule has 3 heteroatoms. The Morgan fingerprint density at radius 3 is 2.05 bits per heavy atom. The Morgan fingerprint density at radius 2 is 1.63 bits per heavy atom. The zero-order valence-electron chi connectivity index (χ0n) is 13.1. The van der Waals surface area contributed by atoms with Crippen LogP contribution in [0.1, 0.15) is 66.7 Å². The highest BCUT2D eigenvalue weighted by Gasteiger charge is 2.54. The van der Waals surface area contributed by atoms with Crippen molar-refractivity contribution >= 4 is 0 Å². The van der Waals surface area contributed by atoms with E-state index in [0.717, 1.165) is 19.3 Å². The minimum atomic E-state index is -0.918. The van der Waals surface area contributed by atoms with Crippen LogP contribution in [0.2, 0.25) is 0 Å². The van der Waals surface area contributed by atoms with E-state index in [4.69, 9.17) is 4.74 Å². The van der Waals surface area contributed by atoms with Crippen molar-refractivity contribution in [3.05, 3.63) is 0 Å². The van der Waals surface area contributed by atoms with Crippen LogP contribution in [0, 0.1) is 11.8 Å². The first-order valence-corrected chi connectivity index (χ1v) is 7.66. The molecule has 1 saturated carbocycles. The molecule has 0 aromatic carbocycles. The third kappa shape index (κ3) is 2.98. The largest absolute Gasteiger partial charge is 0.390 e. The van der Waals surface area contributed by atoms with Crippen LogP contribution in [0.4, 0.5) is 0 Å². The first kappa shape index (κ1) is 15.3. The van der Waals surface area contributed by atoms with Crippen LogP contribution in [0.15, 0.2) is 0 Å². The Kier molecular flexibility index (Phi) is 3.79. The Morgan fingerprint density at radius 1 is 1.11 bits per heavy atom. The van der Waals surface area contributed by atoms with E-state index in [2.05, 4.69) is 20.8 Å². The smallest absolute Gasteiger partial charge is 0.0909 e. The van der Waals surface area contributed by atoms with Gasteiger partial charge in [0.05, 0.1) is 22.9 Å². The first-order chi connectivity index (χ1) is 8.56. The molecule has 1 aliphatic heterocycles. The van der Waals surface area contributed by atoms with Crippen molar-refractivity contribution in [1.29, 1.82) is 0 Å². The van der Waals surface area contributed by atoms with Crippen molar-refractivity contribution in [2.45, 2.75) is 89.6 Å². The van der Waals surface area contributed by atoms with Crippen LogP contribution >= 0.6 is 0 Å². The summed E-state index contributed by atoms with van der Waals surface area (Å²) in [6, 6.07) is 0. The second-order valence-corrected chi connectivity index (χ2v) is 8.01. The lowest BCUT2D eigenvalue weighted by atomic mass is 9.69. The van der Waals surface area contributed by atoms with Crippen molar-refractivity contribution in [1.82, 2.24) is 0 Å². The fourth-order valence-corrected chi connectivity index (χ4v) is 4.03. The topological polar surface area (TPSA) is 49.7 Å². The van der Waals surface area contributed by atoms with E-state index >= 15 is 0 Å². The number of aliphatic hydroxyl groups excluding tert-OH is 1. The quantitative estimate of drug-likeness (QED) is 0.811. The lowest BCUT2D eigenvalue weighted by Crippen LogP contribution is -2.52. The average Bonchev–Trinajstić information content (AvgIpc) is 2.50. The van der Waals surface area contributed by atoms with Gasteiger partial charge in [-0.3, -0.25) is 0 Å². The molecule has 2 aliphatic rings. The predicted molar refractivity (Wildman–Crippen MR) is 75.9 cm³/mol. The average molecular weight is 270 g/mol. The molecule has 2 rings (SSSR count). The highest BCUT2D eigenvalue weighted by Crippen LogP contribution is 2.48. The van der Waals surface area contributed by atoms with Crippen molar-refractivity contribution in [2.24, 2.45) is 11.8 Å². The van der Waals surface area contributed by atoms with Gasteiger partial charge in [-0.1, -0.05) is 6.92 Å². The number of hydrogen-bond donors (Lipinski definition) is 2. The van der Waals surface area contributed by atoms with Crippen molar-refractivity contribution < 1.29 is 14.9 Å². The summed E-state index contributed by atoms with van der Waals surface area (Å²) < 4.78 is 6.06. The normalized spacial score (nSPS) is 43.1. The Balaban J connectivity index is 2.13. The van der Waals surface area contributed by atoms with Gasteiger partial charge < -0.3 is 14.9 Å². The van der Waals surface area contributed by atoms with Crippen molar-refractivity contribution in [3.8, 4) is 0 Å². The van der Waals surface area contributed by atoms with Gasteiger partial charge in [0.25, 0.3) is 0 Å². The second kappa shape index (κ2) is 4.71. The molecule has 0 bridgehead atoms. The van der Waals surface area contributed by atoms with Crippen LogP contribution in [-0.4, -0.2) is 33.1 Å². The summed E-state index contributed by atoms with van der Waals surface area (Å²) in [5.41, 5.74) is -1.51. The zero-order valence-corrected chi connectivity index (χ0v) is 13.1. The first-order valence-electron chi connectivity index (χ1n) is 7.66. The summed E-state index contributed by atoms with van der Waals surface area (Å²) in [6.45, 7) is 10.4. The van der Waals surface area contributed by atoms with E-state index in [1.165, 1.54) is 0 Å². The maximum Gasteiger partial charge on any atom is 0.0909 e. The summed E-state index contributed by atoms with van der Waals surface area (Å²) in [5, 5.41) is 21.6. The fourth-order valence-electron chi connectivity index (χ4n) is 4.03. The van der Waals surface area contributed by atoms with E-state index in [1.54, 1.807) is 0 Å². The standard InChI is InChI=1S/C16H30O3/c1-11-6-8-16(18,9-7-11)13(17)12-10-14(2,3)19-15(12,4)5/h11-13,17-18H,6-10H2,1-5H3. The molecule has 2 atom stereocenters. The maximum atomic E-state index is 10.8. The monoisotopic (exact) mass is 270 g/mol. The van der Waals surface area contributed by atoms with Crippen LogP contribution in [0.3, 0.4) is 0 Å². The van der Waals surface area contributed by atoms with Gasteiger partial charge >= 0.3 is 0 Å². The molecular formula is C16H30O3. The molecule has 19 heavy (non-hydrogen) atoms. The van der Waals surface area contributed by atoms with E-state index in [-0.39, 0.29) is 17.1 Å². The SMILES string of the molecule is CC1CCC(O)(C(O)C2CC(C)(C)OC2(C)C)CC1. The number of rotatable bonds is 2. The van der Waals surface area contributed by atoms with Gasteiger partial charge in [-0.25, -0.2) is 0 Å². The predicted octanol–water partition coefficient (Wildman–Crippen LogP) is 2.88. The van der Waals surface area contributed by atoms with E-state index < -0.39 is 11.7 Å². The molecule has 0 radical (unpaired) electrons. The molecule has 2 unspecified atom stereocenters. The van der Waals surface area contributed by atoms with Gasteiger partial charge in [-0.15, -0.1) is 0 Å². The minimum Gasteiger partial charge on any atom is -0.390 e. The molecule has 0 aromatic rings. The molecule has 1 heterocycles. The van der Waals surface area contributed by atoms with Crippen LogP contribution in [0.25, 0.3) is 0 Å². The molecule has 2 fully saturated rings. The Labute approximate surface area is 117 Å². The van der Waals surface area contributed by atoms with Crippen LogP contribution in [0.5, 0.6) is 0 Å². The van der Waals surface area contributed by atoms with Gasteiger partial charge in [0.2, 0.25) is 0 Å². The number of ether oxygens (including phenoxy) is 1. The molecule has 2 N–H and O–H groups in total. The van der Waals surface area contributed by atoms with Gasteiger partial charge in [0, 0.05) is 5.92 Å². The maximum absolute atomic E-state index is 10.8. The van der Waals surface area contributed by atoms with Gasteiger partial charge in [-0.2, -0.15) is 0 Å². The third-order valence-electron chi connectivity index (χ3n) is 5.22. The highest BCUT2D eigenvalue weighted by atomic mass is 16.5. The molecular weight excluding hydrogens is 240 g/mol. The Hall–Kier alpha value is -0.120. The summed E-state index contributed by atoms with van der Waals surface area (Å²) in [7, 11) is 0. The molecule has 112 valence electrons.